The normalized spacial score (nSPS) is 20.2. The van der Waals surface area contributed by atoms with Crippen LogP contribution in [0, 0.1) is 13.8 Å². The highest BCUT2D eigenvalue weighted by molar-refractivity contribution is 5.87. The molecule has 0 radical (unpaired) electrons. The number of rotatable bonds is 5. The van der Waals surface area contributed by atoms with Gasteiger partial charge in [-0.25, -0.2) is 14.8 Å². The van der Waals surface area contributed by atoms with E-state index < -0.39 is 5.97 Å². The van der Waals surface area contributed by atoms with Gasteiger partial charge in [0.2, 0.25) is 5.95 Å². The van der Waals surface area contributed by atoms with E-state index in [1.54, 1.807) is 6.07 Å². The number of hydrogen-bond donors (Lipinski definition) is 1. The van der Waals surface area contributed by atoms with Crippen LogP contribution in [0.5, 0.6) is 0 Å². The number of carbonyl (C=O) groups is 1. The van der Waals surface area contributed by atoms with Gasteiger partial charge in [0.1, 0.15) is 11.6 Å². The fourth-order valence-electron chi connectivity index (χ4n) is 5.31. The third-order valence-corrected chi connectivity index (χ3v) is 7.38. The van der Waals surface area contributed by atoms with E-state index in [2.05, 4.69) is 70.8 Å². The number of anilines is 3. The number of carboxylic acids is 1. The van der Waals surface area contributed by atoms with Crippen LogP contribution in [-0.2, 0) is 0 Å². The van der Waals surface area contributed by atoms with Crippen molar-refractivity contribution in [2.24, 2.45) is 0 Å². The van der Waals surface area contributed by atoms with Gasteiger partial charge in [-0.1, -0.05) is 29.8 Å². The molecule has 3 aromatic rings. The monoisotopic (exact) mass is 486 g/mol. The summed E-state index contributed by atoms with van der Waals surface area (Å²) in [4.78, 5) is 32.8. The molecule has 8 heteroatoms. The minimum Gasteiger partial charge on any atom is -0.478 e. The summed E-state index contributed by atoms with van der Waals surface area (Å²) in [7, 11) is 0. The van der Waals surface area contributed by atoms with E-state index in [-0.39, 0.29) is 11.6 Å². The molecule has 1 N–H and O–H groups in total. The molecular formula is C28H34N6O2. The minimum absolute atomic E-state index is 0.198. The zero-order valence-electron chi connectivity index (χ0n) is 21.5. The Morgan fingerprint density at radius 1 is 0.972 bits per heavy atom. The molecule has 5 rings (SSSR count). The quantitative estimate of drug-likeness (QED) is 0.562. The molecule has 2 aliphatic heterocycles. The van der Waals surface area contributed by atoms with E-state index in [0.29, 0.717) is 6.04 Å². The van der Waals surface area contributed by atoms with Crippen LogP contribution in [-0.4, -0.2) is 64.3 Å². The van der Waals surface area contributed by atoms with Gasteiger partial charge in [0, 0.05) is 56.1 Å². The Morgan fingerprint density at radius 2 is 1.75 bits per heavy atom. The van der Waals surface area contributed by atoms with Gasteiger partial charge in [0.05, 0.1) is 11.3 Å². The maximum absolute atomic E-state index is 11.3. The molecule has 0 bridgehead atoms. The predicted octanol–water partition coefficient (Wildman–Crippen LogP) is 4.56. The van der Waals surface area contributed by atoms with Crippen LogP contribution in [0.4, 0.5) is 17.6 Å². The van der Waals surface area contributed by atoms with Crippen molar-refractivity contribution in [3.05, 3.63) is 59.3 Å². The molecule has 8 nitrogen and oxygen atoms in total. The second kappa shape index (κ2) is 9.76. The van der Waals surface area contributed by atoms with Crippen molar-refractivity contribution in [1.82, 2.24) is 15.0 Å². The molecule has 1 unspecified atom stereocenters. The molecular weight excluding hydrogens is 452 g/mol. The van der Waals surface area contributed by atoms with E-state index in [1.807, 2.05) is 6.92 Å². The van der Waals surface area contributed by atoms with E-state index in [1.165, 1.54) is 11.8 Å². The standard InChI is InChI=1S/C28H34N6O2/c1-18-7-9-22(10-8-18)24-15-25(31-28(30-24)34-11-5-6-20(34)3)33-13-12-32(17-21(33)4)26-19(2)14-23(16-29-26)27(35)36/h7-10,14-16,20-21H,5-6,11-13,17H2,1-4H3,(H,35,36)/t20?,21-/m1/s1. The Kier molecular flexibility index (Phi) is 6.51. The van der Waals surface area contributed by atoms with Crippen molar-refractivity contribution in [2.45, 2.75) is 52.6 Å². The lowest BCUT2D eigenvalue weighted by molar-refractivity contribution is 0.0696. The molecule has 36 heavy (non-hydrogen) atoms. The number of aryl methyl sites for hydroxylation is 2. The first-order valence-corrected chi connectivity index (χ1v) is 12.7. The van der Waals surface area contributed by atoms with Gasteiger partial charge in [0.25, 0.3) is 0 Å². The fraction of sp³-hybridized carbons (Fsp3) is 0.429. The largest absolute Gasteiger partial charge is 0.478 e. The van der Waals surface area contributed by atoms with E-state index >= 15 is 0 Å². The van der Waals surface area contributed by atoms with E-state index in [9.17, 15) is 9.90 Å². The Hall–Kier alpha value is -3.68. The molecule has 1 aromatic carbocycles. The Balaban J connectivity index is 1.44. The summed E-state index contributed by atoms with van der Waals surface area (Å²) in [5.41, 5.74) is 4.37. The summed E-state index contributed by atoms with van der Waals surface area (Å²) in [6.07, 6.45) is 3.77. The number of hydrogen-bond acceptors (Lipinski definition) is 7. The third-order valence-electron chi connectivity index (χ3n) is 7.38. The van der Waals surface area contributed by atoms with Crippen molar-refractivity contribution < 1.29 is 9.90 Å². The highest BCUT2D eigenvalue weighted by Gasteiger charge is 2.29. The summed E-state index contributed by atoms with van der Waals surface area (Å²) in [5, 5.41) is 9.27. The zero-order valence-corrected chi connectivity index (χ0v) is 21.5. The minimum atomic E-state index is -0.952. The van der Waals surface area contributed by atoms with E-state index in [4.69, 9.17) is 9.97 Å². The topological polar surface area (TPSA) is 85.7 Å². The zero-order chi connectivity index (χ0) is 25.4. The van der Waals surface area contributed by atoms with Crippen LogP contribution in [0.3, 0.4) is 0 Å². The lowest BCUT2D eigenvalue weighted by atomic mass is 10.1. The second-order valence-electron chi connectivity index (χ2n) is 10.1. The van der Waals surface area contributed by atoms with E-state index in [0.717, 1.165) is 73.4 Å². The lowest BCUT2D eigenvalue weighted by Crippen LogP contribution is -2.53. The van der Waals surface area contributed by atoms with Crippen molar-refractivity contribution in [3.63, 3.8) is 0 Å². The third kappa shape index (κ3) is 4.72. The van der Waals surface area contributed by atoms with Crippen LogP contribution in [0.2, 0.25) is 0 Å². The number of pyridine rings is 1. The van der Waals surface area contributed by atoms with Gasteiger partial charge in [-0.2, -0.15) is 4.98 Å². The summed E-state index contributed by atoms with van der Waals surface area (Å²) in [6.45, 7) is 11.8. The molecule has 2 aromatic heterocycles. The number of aromatic nitrogens is 3. The summed E-state index contributed by atoms with van der Waals surface area (Å²) in [6, 6.07) is 13.0. The van der Waals surface area contributed by atoms with Crippen molar-refractivity contribution in [1.29, 1.82) is 0 Å². The van der Waals surface area contributed by atoms with Gasteiger partial charge in [-0.15, -0.1) is 0 Å². The molecule has 2 fully saturated rings. The van der Waals surface area contributed by atoms with Gasteiger partial charge < -0.3 is 19.8 Å². The number of nitrogens with zero attached hydrogens (tertiary/aromatic N) is 6. The first kappa shape index (κ1) is 24.0. The molecule has 2 aliphatic rings. The maximum Gasteiger partial charge on any atom is 0.337 e. The van der Waals surface area contributed by atoms with Crippen LogP contribution < -0.4 is 14.7 Å². The second-order valence-corrected chi connectivity index (χ2v) is 10.1. The predicted molar refractivity (Wildman–Crippen MR) is 143 cm³/mol. The Morgan fingerprint density at radius 3 is 2.39 bits per heavy atom. The molecule has 0 aliphatic carbocycles. The number of benzene rings is 1. The Bertz CT molecular complexity index is 1260. The maximum atomic E-state index is 11.3. The van der Waals surface area contributed by atoms with Gasteiger partial charge >= 0.3 is 5.97 Å². The summed E-state index contributed by atoms with van der Waals surface area (Å²) in [5.74, 6) is 1.66. The van der Waals surface area contributed by atoms with Gasteiger partial charge in [0.15, 0.2) is 0 Å². The average Bonchev–Trinajstić information content (AvgIpc) is 3.30. The van der Waals surface area contributed by atoms with Crippen molar-refractivity contribution in [2.75, 3.05) is 40.9 Å². The number of carboxylic acid groups (broad SMARTS) is 1. The molecule has 4 heterocycles. The van der Waals surface area contributed by atoms with Crippen LogP contribution in [0.15, 0.2) is 42.6 Å². The lowest BCUT2D eigenvalue weighted by Gasteiger charge is -2.41. The van der Waals surface area contributed by atoms with Crippen LogP contribution in [0.25, 0.3) is 11.3 Å². The van der Waals surface area contributed by atoms with Gasteiger partial charge in [-0.3, -0.25) is 0 Å². The van der Waals surface area contributed by atoms with Gasteiger partial charge in [-0.05, 0) is 52.2 Å². The van der Waals surface area contributed by atoms with Crippen LogP contribution >= 0.6 is 0 Å². The molecule has 0 saturated carbocycles. The van der Waals surface area contributed by atoms with Crippen LogP contribution in [0.1, 0.15) is 48.2 Å². The summed E-state index contributed by atoms with van der Waals surface area (Å²) < 4.78 is 0. The smallest absolute Gasteiger partial charge is 0.337 e. The van der Waals surface area contributed by atoms with Crippen molar-refractivity contribution in [3.8, 4) is 11.3 Å². The highest BCUT2D eigenvalue weighted by Crippen LogP contribution is 2.31. The first-order valence-electron chi connectivity index (χ1n) is 12.7. The molecule has 0 amide bonds. The molecule has 2 saturated heterocycles. The van der Waals surface area contributed by atoms with Crippen molar-refractivity contribution >= 4 is 23.6 Å². The average molecular weight is 487 g/mol. The number of piperazine rings is 1. The fourth-order valence-corrected chi connectivity index (χ4v) is 5.31. The first-order chi connectivity index (χ1) is 17.3. The molecule has 188 valence electrons. The SMILES string of the molecule is Cc1ccc(-c2cc(N3CCN(c4ncc(C(=O)O)cc4C)C[C@H]3C)nc(N3CCCC3C)n2)cc1. The molecule has 2 atom stereocenters. The Labute approximate surface area is 212 Å². The number of aromatic carboxylic acids is 1. The highest BCUT2D eigenvalue weighted by atomic mass is 16.4. The summed E-state index contributed by atoms with van der Waals surface area (Å²) >= 11 is 0. The molecule has 0 spiro atoms.